The minimum Gasteiger partial charge on any atom is -0.492 e. The number of nitrogens with zero attached hydrogens (tertiary/aromatic N) is 2. The highest BCUT2D eigenvalue weighted by atomic mass is 16.5. The van der Waals surface area contributed by atoms with E-state index in [1.54, 1.807) is 0 Å². The number of ether oxygens (including phenoxy) is 1. The summed E-state index contributed by atoms with van der Waals surface area (Å²) in [6, 6.07) is 15.5. The molecule has 2 aromatic heterocycles. The quantitative estimate of drug-likeness (QED) is 0.540. The lowest BCUT2D eigenvalue weighted by atomic mass is 10.2. The predicted molar refractivity (Wildman–Crippen MR) is 99.4 cm³/mol. The van der Waals surface area contributed by atoms with E-state index in [1.165, 1.54) is 7.11 Å². The number of nitrogens with one attached hydrogen (secondary N) is 1. The number of rotatable bonds is 6. The Kier molecular flexibility index (Phi) is 4.31. The van der Waals surface area contributed by atoms with E-state index >= 15 is 0 Å². The molecule has 2 heterocycles. The Hall–Kier alpha value is -3.28. The molecule has 1 amide bonds. The molecular weight excluding hydrogens is 330 g/mol. The smallest absolute Gasteiger partial charge is 0.290 e. The summed E-state index contributed by atoms with van der Waals surface area (Å²) in [5.41, 5.74) is 1.73. The molecule has 0 atom stereocenters. The molecule has 0 aliphatic carbocycles. The minimum absolute atomic E-state index is 0.207. The molecule has 2 aromatic carbocycles. The van der Waals surface area contributed by atoms with E-state index in [2.05, 4.69) is 10.4 Å². The van der Waals surface area contributed by atoms with Crippen LogP contribution in [0.5, 0.6) is 5.75 Å². The SMILES string of the molecule is COc1c(C(=O)NCCCn2ncc3ccccc32)oc2ccccc12. The molecule has 4 aromatic rings. The van der Waals surface area contributed by atoms with Crippen molar-refractivity contribution in [3.8, 4) is 5.75 Å². The van der Waals surface area contributed by atoms with Crippen LogP contribution in [0.25, 0.3) is 21.9 Å². The van der Waals surface area contributed by atoms with Gasteiger partial charge in [0.15, 0.2) is 5.75 Å². The van der Waals surface area contributed by atoms with Gasteiger partial charge in [0.1, 0.15) is 5.58 Å². The Labute approximate surface area is 150 Å². The fourth-order valence-corrected chi connectivity index (χ4v) is 3.09. The lowest BCUT2D eigenvalue weighted by Gasteiger charge is -2.06. The maximum absolute atomic E-state index is 12.5. The average Bonchev–Trinajstić information content (AvgIpc) is 3.26. The average molecular weight is 349 g/mol. The second-order valence-corrected chi connectivity index (χ2v) is 6.00. The Morgan fingerprint density at radius 1 is 1.19 bits per heavy atom. The molecule has 0 spiro atoms. The van der Waals surface area contributed by atoms with E-state index in [0.29, 0.717) is 17.9 Å². The molecule has 4 rings (SSSR count). The zero-order chi connectivity index (χ0) is 17.9. The lowest BCUT2D eigenvalue weighted by Crippen LogP contribution is -2.25. The lowest BCUT2D eigenvalue weighted by molar-refractivity contribution is 0.0923. The molecular formula is C20H19N3O3. The van der Waals surface area contributed by atoms with Crippen molar-refractivity contribution >= 4 is 27.8 Å². The van der Waals surface area contributed by atoms with Gasteiger partial charge in [-0.2, -0.15) is 5.10 Å². The van der Waals surface area contributed by atoms with Gasteiger partial charge in [-0.1, -0.05) is 30.3 Å². The van der Waals surface area contributed by atoms with Crippen LogP contribution in [0.2, 0.25) is 0 Å². The van der Waals surface area contributed by atoms with Gasteiger partial charge in [0.25, 0.3) is 5.91 Å². The normalized spacial score (nSPS) is 11.1. The van der Waals surface area contributed by atoms with Gasteiger partial charge in [-0.3, -0.25) is 9.48 Å². The first-order valence-corrected chi connectivity index (χ1v) is 8.52. The van der Waals surface area contributed by atoms with Crippen molar-refractivity contribution in [2.45, 2.75) is 13.0 Å². The first-order valence-electron chi connectivity index (χ1n) is 8.52. The van der Waals surface area contributed by atoms with Gasteiger partial charge in [-0.25, -0.2) is 0 Å². The van der Waals surface area contributed by atoms with Gasteiger partial charge < -0.3 is 14.5 Å². The Morgan fingerprint density at radius 3 is 2.88 bits per heavy atom. The molecule has 1 N–H and O–H groups in total. The predicted octanol–water partition coefficient (Wildman–Crippen LogP) is 3.61. The summed E-state index contributed by atoms with van der Waals surface area (Å²) in [5, 5.41) is 9.19. The topological polar surface area (TPSA) is 69.3 Å². The van der Waals surface area contributed by atoms with Crippen LogP contribution < -0.4 is 10.1 Å². The summed E-state index contributed by atoms with van der Waals surface area (Å²) >= 11 is 0. The number of benzene rings is 2. The highest BCUT2D eigenvalue weighted by Gasteiger charge is 2.20. The third-order valence-electron chi connectivity index (χ3n) is 4.34. The maximum Gasteiger partial charge on any atom is 0.290 e. The van der Waals surface area contributed by atoms with Gasteiger partial charge in [-0.15, -0.1) is 0 Å². The van der Waals surface area contributed by atoms with E-state index < -0.39 is 0 Å². The number of methoxy groups -OCH3 is 1. The molecule has 132 valence electrons. The summed E-state index contributed by atoms with van der Waals surface area (Å²) in [6.07, 6.45) is 2.62. The molecule has 0 saturated heterocycles. The Morgan fingerprint density at radius 2 is 2.00 bits per heavy atom. The third kappa shape index (κ3) is 2.90. The molecule has 0 bridgehead atoms. The van der Waals surface area contributed by atoms with Crippen molar-refractivity contribution < 1.29 is 13.9 Å². The molecule has 0 radical (unpaired) electrons. The number of carbonyl (C=O) groups is 1. The molecule has 0 saturated carbocycles. The first kappa shape index (κ1) is 16.2. The number of amides is 1. The van der Waals surface area contributed by atoms with Gasteiger partial charge in [0, 0.05) is 18.5 Å². The molecule has 6 nitrogen and oxygen atoms in total. The van der Waals surface area contributed by atoms with E-state index in [0.717, 1.165) is 29.3 Å². The number of aromatic nitrogens is 2. The summed E-state index contributed by atoms with van der Waals surface area (Å²) in [7, 11) is 1.54. The Bertz CT molecular complexity index is 1060. The minimum atomic E-state index is -0.275. The van der Waals surface area contributed by atoms with Crippen LogP contribution in [-0.4, -0.2) is 29.3 Å². The van der Waals surface area contributed by atoms with Gasteiger partial charge in [0.05, 0.1) is 24.2 Å². The van der Waals surface area contributed by atoms with E-state index in [-0.39, 0.29) is 11.7 Å². The monoisotopic (exact) mass is 349 g/mol. The zero-order valence-electron chi connectivity index (χ0n) is 14.4. The van der Waals surface area contributed by atoms with Crippen molar-refractivity contribution in [1.82, 2.24) is 15.1 Å². The van der Waals surface area contributed by atoms with Crippen LogP contribution >= 0.6 is 0 Å². The van der Waals surface area contributed by atoms with E-state index in [9.17, 15) is 4.79 Å². The number of furan rings is 1. The van der Waals surface area contributed by atoms with Crippen molar-refractivity contribution in [1.29, 1.82) is 0 Å². The fraction of sp³-hybridized carbons (Fsp3) is 0.200. The number of aryl methyl sites for hydroxylation is 1. The third-order valence-corrected chi connectivity index (χ3v) is 4.34. The van der Waals surface area contributed by atoms with Crippen LogP contribution in [0.1, 0.15) is 17.0 Å². The van der Waals surface area contributed by atoms with E-state index in [1.807, 2.05) is 59.4 Å². The van der Waals surface area contributed by atoms with Crippen LogP contribution in [0.15, 0.2) is 59.1 Å². The Balaban J connectivity index is 1.40. The largest absolute Gasteiger partial charge is 0.492 e. The summed E-state index contributed by atoms with van der Waals surface area (Å²) in [5.74, 6) is 0.401. The van der Waals surface area contributed by atoms with Gasteiger partial charge >= 0.3 is 0 Å². The molecule has 0 aliphatic rings. The highest BCUT2D eigenvalue weighted by Crippen LogP contribution is 2.32. The maximum atomic E-state index is 12.5. The van der Waals surface area contributed by atoms with Gasteiger partial charge in [0.2, 0.25) is 5.76 Å². The van der Waals surface area contributed by atoms with Crippen LogP contribution in [0.4, 0.5) is 0 Å². The highest BCUT2D eigenvalue weighted by molar-refractivity contribution is 6.01. The molecule has 0 fully saturated rings. The number of fused-ring (bicyclic) bond motifs is 2. The van der Waals surface area contributed by atoms with Crippen molar-refractivity contribution in [2.75, 3.05) is 13.7 Å². The van der Waals surface area contributed by atoms with Crippen LogP contribution in [-0.2, 0) is 6.54 Å². The number of carbonyl (C=O) groups excluding carboxylic acids is 1. The van der Waals surface area contributed by atoms with Gasteiger partial charge in [-0.05, 0) is 24.6 Å². The number of hydrogen-bond donors (Lipinski definition) is 1. The van der Waals surface area contributed by atoms with Crippen LogP contribution in [0.3, 0.4) is 0 Å². The number of hydrogen-bond acceptors (Lipinski definition) is 4. The molecule has 0 unspecified atom stereocenters. The summed E-state index contributed by atoms with van der Waals surface area (Å²) in [4.78, 5) is 12.5. The standard InChI is InChI=1S/C20H19N3O3/c1-25-18-15-8-3-5-10-17(15)26-19(18)20(24)21-11-6-12-23-16-9-4-2-7-14(16)13-22-23/h2-5,7-10,13H,6,11-12H2,1H3,(H,21,24). The van der Waals surface area contributed by atoms with E-state index in [4.69, 9.17) is 9.15 Å². The molecule has 0 aliphatic heterocycles. The fourth-order valence-electron chi connectivity index (χ4n) is 3.09. The van der Waals surface area contributed by atoms with Crippen molar-refractivity contribution in [2.24, 2.45) is 0 Å². The van der Waals surface area contributed by atoms with Crippen molar-refractivity contribution in [3.05, 3.63) is 60.5 Å². The van der Waals surface area contributed by atoms with Crippen molar-refractivity contribution in [3.63, 3.8) is 0 Å². The summed E-state index contributed by atoms with van der Waals surface area (Å²) in [6.45, 7) is 1.25. The number of para-hydroxylation sites is 2. The second kappa shape index (κ2) is 6.92. The second-order valence-electron chi connectivity index (χ2n) is 6.00. The molecule has 6 heteroatoms. The zero-order valence-corrected chi connectivity index (χ0v) is 14.4. The van der Waals surface area contributed by atoms with Crippen LogP contribution in [0, 0.1) is 0 Å². The first-order chi connectivity index (χ1) is 12.8. The summed E-state index contributed by atoms with van der Waals surface area (Å²) < 4.78 is 13.0. The molecule has 26 heavy (non-hydrogen) atoms.